The first kappa shape index (κ1) is 24.3. The molecule has 0 radical (unpaired) electrons. The minimum Gasteiger partial charge on any atom is -0.497 e. The predicted octanol–water partition coefficient (Wildman–Crippen LogP) is 3.41. The number of guanidine groups is 1. The van der Waals surface area contributed by atoms with Crippen molar-refractivity contribution in [3.8, 4) is 17.2 Å². The molecule has 0 fully saturated rings. The smallest absolute Gasteiger partial charge is 0.194 e. The molecule has 7 nitrogen and oxygen atoms in total. The lowest BCUT2D eigenvalue weighted by atomic mass is 10.1. The molecule has 7 heteroatoms. The second kappa shape index (κ2) is 12.1. The number of aliphatic imine (C=N–C) groups is 1. The summed E-state index contributed by atoms with van der Waals surface area (Å²) >= 11 is 0. The Morgan fingerprint density at radius 3 is 2.16 bits per heavy atom. The van der Waals surface area contributed by atoms with Crippen LogP contribution in [0.1, 0.15) is 24.1 Å². The minimum atomic E-state index is 0.0999. The van der Waals surface area contributed by atoms with Crippen molar-refractivity contribution < 1.29 is 14.2 Å². The summed E-state index contributed by atoms with van der Waals surface area (Å²) in [5.41, 5.74) is 2.32. The Bertz CT molecular complexity index is 837. The lowest BCUT2D eigenvalue weighted by Crippen LogP contribution is -2.39. The number of methoxy groups -OCH3 is 3. The van der Waals surface area contributed by atoms with Crippen molar-refractivity contribution in [1.29, 1.82) is 0 Å². The summed E-state index contributed by atoms with van der Waals surface area (Å²) in [6.45, 7) is 4.24. The Morgan fingerprint density at radius 2 is 1.61 bits per heavy atom. The van der Waals surface area contributed by atoms with E-state index in [1.54, 1.807) is 21.3 Å². The van der Waals surface area contributed by atoms with Crippen LogP contribution in [0.25, 0.3) is 0 Å². The van der Waals surface area contributed by atoms with Crippen molar-refractivity contribution >= 4 is 5.96 Å². The summed E-state index contributed by atoms with van der Waals surface area (Å²) in [6.07, 6.45) is 0. The van der Waals surface area contributed by atoms with E-state index >= 15 is 0 Å². The van der Waals surface area contributed by atoms with E-state index < -0.39 is 0 Å². The van der Waals surface area contributed by atoms with Crippen molar-refractivity contribution in [1.82, 2.24) is 15.1 Å². The highest BCUT2D eigenvalue weighted by Gasteiger charge is 2.17. The van der Waals surface area contributed by atoms with Crippen molar-refractivity contribution in [3.63, 3.8) is 0 Å². The fourth-order valence-corrected chi connectivity index (χ4v) is 3.35. The van der Waals surface area contributed by atoms with Gasteiger partial charge in [0.1, 0.15) is 5.75 Å². The largest absolute Gasteiger partial charge is 0.497 e. The van der Waals surface area contributed by atoms with Crippen molar-refractivity contribution in [3.05, 3.63) is 53.6 Å². The van der Waals surface area contributed by atoms with Gasteiger partial charge in [0.2, 0.25) is 0 Å². The lowest BCUT2D eigenvalue weighted by Gasteiger charge is -2.26. The molecule has 170 valence electrons. The van der Waals surface area contributed by atoms with E-state index in [2.05, 4.69) is 54.3 Å². The highest BCUT2D eigenvalue weighted by Crippen LogP contribution is 2.31. The minimum absolute atomic E-state index is 0.0999. The quantitative estimate of drug-likeness (QED) is 0.462. The molecule has 1 unspecified atom stereocenters. The van der Waals surface area contributed by atoms with Crippen LogP contribution >= 0.6 is 0 Å². The second-order valence-electron chi connectivity index (χ2n) is 7.49. The maximum atomic E-state index is 5.48. The number of hydrogen-bond donors (Lipinski definition) is 1. The Hall–Kier alpha value is -2.93. The SMILES string of the molecule is CCNC(=NCC(c1ccc(OC)c(OC)c1)N(C)C)N(C)Cc1ccc(OC)cc1. The average Bonchev–Trinajstić information content (AvgIpc) is 2.78. The molecule has 0 aliphatic rings. The van der Waals surface area contributed by atoms with E-state index in [4.69, 9.17) is 19.2 Å². The standard InChI is InChI=1S/C24H36N4O3/c1-8-25-24(28(4)17-18-9-12-20(29-5)13-10-18)26-16-21(27(2)3)19-11-14-22(30-6)23(15-19)31-7/h9-15,21H,8,16-17H2,1-7H3,(H,25,26). The van der Waals surface area contributed by atoms with Crippen LogP contribution in [0.3, 0.4) is 0 Å². The van der Waals surface area contributed by atoms with E-state index in [0.717, 1.165) is 41.9 Å². The molecular formula is C24H36N4O3. The van der Waals surface area contributed by atoms with Crippen LogP contribution in [0.2, 0.25) is 0 Å². The molecule has 0 amide bonds. The fraction of sp³-hybridized carbons (Fsp3) is 0.458. The molecule has 0 heterocycles. The lowest BCUT2D eigenvalue weighted by molar-refractivity contribution is 0.302. The van der Waals surface area contributed by atoms with Crippen molar-refractivity contribution in [2.75, 3.05) is 55.6 Å². The summed E-state index contributed by atoms with van der Waals surface area (Å²) in [4.78, 5) is 9.23. The number of nitrogens with zero attached hydrogens (tertiary/aromatic N) is 3. The van der Waals surface area contributed by atoms with E-state index in [0.29, 0.717) is 6.54 Å². The van der Waals surface area contributed by atoms with Gasteiger partial charge in [-0.25, -0.2) is 0 Å². The molecule has 0 aliphatic carbocycles. The van der Waals surface area contributed by atoms with E-state index in [1.165, 1.54) is 5.56 Å². The van der Waals surface area contributed by atoms with Crippen LogP contribution in [0.5, 0.6) is 17.2 Å². The zero-order chi connectivity index (χ0) is 22.8. The van der Waals surface area contributed by atoms with Gasteiger partial charge in [0.05, 0.1) is 33.9 Å². The molecule has 0 saturated carbocycles. The summed E-state index contributed by atoms with van der Waals surface area (Å²) in [5, 5.41) is 3.40. The Kier molecular flexibility index (Phi) is 9.46. The van der Waals surface area contributed by atoms with Gasteiger partial charge in [-0.1, -0.05) is 18.2 Å². The van der Waals surface area contributed by atoms with E-state index in [1.807, 2.05) is 31.3 Å². The van der Waals surface area contributed by atoms with E-state index in [9.17, 15) is 0 Å². The number of likely N-dealkylation sites (N-methyl/N-ethyl adjacent to an activating group) is 1. The van der Waals surface area contributed by atoms with Crippen LogP contribution in [0.15, 0.2) is 47.5 Å². The Morgan fingerprint density at radius 1 is 0.935 bits per heavy atom. The zero-order valence-corrected chi connectivity index (χ0v) is 19.8. The van der Waals surface area contributed by atoms with Gasteiger partial charge < -0.3 is 29.3 Å². The summed E-state index contributed by atoms with van der Waals surface area (Å²) < 4.78 is 16.1. The normalized spacial score (nSPS) is 12.5. The molecule has 31 heavy (non-hydrogen) atoms. The van der Waals surface area contributed by atoms with Crippen LogP contribution in [0, 0.1) is 0 Å². The molecule has 0 aromatic heterocycles. The molecular weight excluding hydrogens is 392 g/mol. The molecule has 2 rings (SSSR count). The van der Waals surface area contributed by atoms with Gasteiger partial charge in [-0.15, -0.1) is 0 Å². The summed E-state index contributed by atoms with van der Waals surface area (Å²) in [6, 6.07) is 14.2. The highest BCUT2D eigenvalue weighted by atomic mass is 16.5. The van der Waals surface area contributed by atoms with Crippen molar-refractivity contribution in [2.24, 2.45) is 4.99 Å². The first-order valence-electron chi connectivity index (χ1n) is 10.4. The van der Waals surface area contributed by atoms with Crippen molar-refractivity contribution in [2.45, 2.75) is 19.5 Å². The molecule has 0 bridgehead atoms. The molecule has 0 aliphatic heterocycles. The van der Waals surface area contributed by atoms with Gasteiger partial charge in [-0.3, -0.25) is 4.99 Å². The third-order valence-electron chi connectivity index (χ3n) is 5.10. The van der Waals surface area contributed by atoms with Gasteiger partial charge in [0, 0.05) is 20.1 Å². The third-order valence-corrected chi connectivity index (χ3v) is 5.10. The molecule has 1 atom stereocenters. The molecule has 2 aromatic carbocycles. The summed E-state index contributed by atoms with van der Waals surface area (Å²) in [5.74, 6) is 3.17. The number of benzene rings is 2. The van der Waals surface area contributed by atoms with Crippen LogP contribution < -0.4 is 19.5 Å². The fourth-order valence-electron chi connectivity index (χ4n) is 3.35. The topological polar surface area (TPSA) is 58.6 Å². The third kappa shape index (κ3) is 6.79. The maximum Gasteiger partial charge on any atom is 0.194 e. The van der Waals surface area contributed by atoms with Crippen LogP contribution in [0.4, 0.5) is 0 Å². The predicted molar refractivity (Wildman–Crippen MR) is 126 cm³/mol. The molecule has 0 spiro atoms. The zero-order valence-electron chi connectivity index (χ0n) is 19.8. The van der Waals surface area contributed by atoms with E-state index in [-0.39, 0.29) is 6.04 Å². The summed E-state index contributed by atoms with van der Waals surface area (Å²) in [7, 11) is 11.1. The average molecular weight is 429 g/mol. The van der Waals surface area contributed by atoms with Crippen LogP contribution in [-0.4, -0.2) is 71.3 Å². The first-order chi connectivity index (χ1) is 14.9. The van der Waals surface area contributed by atoms with Gasteiger partial charge in [-0.05, 0) is 56.4 Å². The molecule has 2 aromatic rings. The van der Waals surface area contributed by atoms with Gasteiger partial charge in [0.15, 0.2) is 17.5 Å². The van der Waals surface area contributed by atoms with Gasteiger partial charge in [0.25, 0.3) is 0 Å². The van der Waals surface area contributed by atoms with Gasteiger partial charge in [-0.2, -0.15) is 0 Å². The first-order valence-corrected chi connectivity index (χ1v) is 10.4. The second-order valence-corrected chi connectivity index (χ2v) is 7.49. The molecule has 1 N–H and O–H groups in total. The maximum absolute atomic E-state index is 5.48. The monoisotopic (exact) mass is 428 g/mol. The highest BCUT2D eigenvalue weighted by molar-refractivity contribution is 5.79. The number of rotatable bonds is 10. The Labute approximate surface area is 186 Å². The number of nitrogens with one attached hydrogen (secondary N) is 1. The molecule has 0 saturated heterocycles. The number of hydrogen-bond acceptors (Lipinski definition) is 5. The van der Waals surface area contributed by atoms with Gasteiger partial charge >= 0.3 is 0 Å². The Balaban J connectivity index is 2.20. The van der Waals surface area contributed by atoms with Crippen LogP contribution in [-0.2, 0) is 6.54 Å². The number of ether oxygens (including phenoxy) is 3.